The van der Waals surface area contributed by atoms with Gasteiger partial charge in [-0.2, -0.15) is 0 Å². The van der Waals surface area contributed by atoms with Gasteiger partial charge in [-0.05, 0) is 30.4 Å². The highest BCUT2D eigenvalue weighted by atomic mass is 32.2. The molecule has 0 saturated carbocycles. The summed E-state index contributed by atoms with van der Waals surface area (Å²) in [6.45, 7) is 0.138. The molecule has 1 aliphatic rings. The SMILES string of the molecule is CS(=O)(=O)NCCC(=O)N[C@H]1CCCc2ccccc21. The zero-order valence-corrected chi connectivity index (χ0v) is 12.4. The van der Waals surface area contributed by atoms with Crippen molar-refractivity contribution in [2.45, 2.75) is 31.7 Å². The molecule has 0 radical (unpaired) electrons. The molecule has 1 aromatic rings. The van der Waals surface area contributed by atoms with Crippen molar-refractivity contribution in [2.24, 2.45) is 0 Å². The van der Waals surface area contributed by atoms with Gasteiger partial charge in [0.1, 0.15) is 0 Å². The smallest absolute Gasteiger partial charge is 0.221 e. The minimum absolute atomic E-state index is 0.0469. The van der Waals surface area contributed by atoms with Crippen LogP contribution in [0.25, 0.3) is 0 Å². The lowest BCUT2D eigenvalue weighted by atomic mass is 9.88. The Morgan fingerprint density at radius 1 is 1.35 bits per heavy atom. The van der Waals surface area contributed by atoms with Crippen LogP contribution in [0.5, 0.6) is 0 Å². The molecular weight excluding hydrogens is 276 g/mol. The largest absolute Gasteiger partial charge is 0.349 e. The summed E-state index contributed by atoms with van der Waals surface area (Å²) in [5.41, 5.74) is 2.47. The lowest BCUT2D eigenvalue weighted by molar-refractivity contribution is -0.121. The molecule has 0 fully saturated rings. The van der Waals surface area contributed by atoms with Gasteiger partial charge in [0.05, 0.1) is 12.3 Å². The van der Waals surface area contributed by atoms with Crippen molar-refractivity contribution in [1.29, 1.82) is 0 Å². The van der Waals surface area contributed by atoms with E-state index in [1.165, 1.54) is 11.1 Å². The molecule has 6 heteroatoms. The molecule has 2 N–H and O–H groups in total. The van der Waals surface area contributed by atoms with Gasteiger partial charge in [-0.25, -0.2) is 13.1 Å². The minimum atomic E-state index is -3.23. The van der Waals surface area contributed by atoms with E-state index < -0.39 is 10.0 Å². The van der Waals surface area contributed by atoms with Crippen LogP contribution in [0.3, 0.4) is 0 Å². The maximum Gasteiger partial charge on any atom is 0.221 e. The van der Waals surface area contributed by atoms with Crippen LogP contribution in [0.1, 0.15) is 36.4 Å². The van der Waals surface area contributed by atoms with Crippen LogP contribution in [0.2, 0.25) is 0 Å². The average Bonchev–Trinajstić information content (AvgIpc) is 2.37. The van der Waals surface area contributed by atoms with Crippen LogP contribution in [0, 0.1) is 0 Å². The summed E-state index contributed by atoms with van der Waals surface area (Å²) < 4.78 is 24.2. The zero-order valence-electron chi connectivity index (χ0n) is 11.6. The molecule has 0 spiro atoms. The topological polar surface area (TPSA) is 75.3 Å². The predicted octanol–water partition coefficient (Wildman–Crippen LogP) is 1.12. The van der Waals surface area contributed by atoms with Crippen LogP contribution in [-0.2, 0) is 21.2 Å². The highest BCUT2D eigenvalue weighted by Crippen LogP contribution is 2.29. The van der Waals surface area contributed by atoms with Gasteiger partial charge in [0.25, 0.3) is 0 Å². The molecule has 1 aliphatic carbocycles. The minimum Gasteiger partial charge on any atom is -0.349 e. The molecule has 2 rings (SSSR count). The summed E-state index contributed by atoms with van der Waals surface area (Å²) in [4.78, 5) is 11.9. The molecule has 0 aliphatic heterocycles. The van der Waals surface area contributed by atoms with Gasteiger partial charge in [0.15, 0.2) is 0 Å². The summed E-state index contributed by atoms with van der Waals surface area (Å²) in [6, 6.07) is 8.19. The van der Waals surface area contributed by atoms with Gasteiger partial charge >= 0.3 is 0 Å². The van der Waals surface area contributed by atoms with Crippen molar-refractivity contribution in [3.8, 4) is 0 Å². The van der Waals surface area contributed by atoms with Crippen LogP contribution in [-0.4, -0.2) is 27.1 Å². The van der Waals surface area contributed by atoms with Crippen molar-refractivity contribution < 1.29 is 13.2 Å². The second kappa shape index (κ2) is 6.37. The Bertz CT molecular complexity index is 584. The molecular formula is C14H20N2O3S. The Hall–Kier alpha value is -1.40. The number of nitrogens with one attached hydrogen (secondary N) is 2. The van der Waals surface area contributed by atoms with E-state index in [0.29, 0.717) is 0 Å². The van der Waals surface area contributed by atoms with E-state index in [-0.39, 0.29) is 24.9 Å². The Kier molecular flexibility index (Phi) is 4.77. The Labute approximate surface area is 119 Å². The fourth-order valence-corrected chi connectivity index (χ4v) is 2.99. The lowest BCUT2D eigenvalue weighted by Gasteiger charge is -2.26. The predicted molar refractivity (Wildman–Crippen MR) is 77.7 cm³/mol. The maximum absolute atomic E-state index is 11.9. The number of benzene rings is 1. The molecule has 1 atom stereocenters. The first-order valence-corrected chi connectivity index (χ1v) is 8.66. The van der Waals surface area contributed by atoms with Gasteiger partial charge in [0, 0.05) is 13.0 Å². The molecule has 0 saturated heterocycles. The first-order valence-electron chi connectivity index (χ1n) is 6.77. The van der Waals surface area contributed by atoms with Crippen molar-refractivity contribution in [1.82, 2.24) is 10.0 Å². The van der Waals surface area contributed by atoms with Crippen molar-refractivity contribution in [2.75, 3.05) is 12.8 Å². The number of hydrogen-bond acceptors (Lipinski definition) is 3. The maximum atomic E-state index is 11.9. The Morgan fingerprint density at radius 2 is 2.10 bits per heavy atom. The molecule has 1 amide bonds. The van der Waals surface area contributed by atoms with Crippen molar-refractivity contribution in [3.05, 3.63) is 35.4 Å². The first kappa shape index (κ1) is 15.0. The van der Waals surface area contributed by atoms with Crippen molar-refractivity contribution in [3.63, 3.8) is 0 Å². The molecule has 5 nitrogen and oxygen atoms in total. The van der Waals surface area contributed by atoms with Gasteiger partial charge in [-0.1, -0.05) is 24.3 Å². The van der Waals surface area contributed by atoms with Gasteiger partial charge in [-0.3, -0.25) is 4.79 Å². The van der Waals surface area contributed by atoms with Crippen molar-refractivity contribution >= 4 is 15.9 Å². The fourth-order valence-electron chi connectivity index (χ4n) is 2.52. The standard InChI is InChI=1S/C14H20N2O3S/c1-20(18,19)15-10-9-14(17)16-13-8-4-6-11-5-2-3-7-12(11)13/h2-3,5,7,13,15H,4,6,8-10H2,1H3,(H,16,17)/t13-/m0/s1. The third-order valence-corrected chi connectivity index (χ3v) is 4.15. The first-order chi connectivity index (χ1) is 9.46. The third-order valence-electron chi connectivity index (χ3n) is 3.42. The highest BCUT2D eigenvalue weighted by Gasteiger charge is 2.21. The van der Waals surface area contributed by atoms with E-state index in [9.17, 15) is 13.2 Å². The second-order valence-electron chi connectivity index (χ2n) is 5.13. The average molecular weight is 296 g/mol. The van der Waals surface area contributed by atoms with E-state index in [2.05, 4.69) is 16.1 Å². The number of aryl methyl sites for hydroxylation is 1. The molecule has 1 aromatic carbocycles. The normalized spacial score (nSPS) is 18.4. The summed E-state index contributed by atoms with van der Waals surface area (Å²) in [5.74, 6) is -0.122. The van der Waals surface area contributed by atoms with Crippen LogP contribution < -0.4 is 10.0 Å². The molecule has 110 valence electrons. The van der Waals surface area contributed by atoms with Crippen LogP contribution in [0.15, 0.2) is 24.3 Å². The molecule has 0 heterocycles. The monoisotopic (exact) mass is 296 g/mol. The molecule has 0 unspecified atom stereocenters. The van der Waals surface area contributed by atoms with E-state index in [1.807, 2.05) is 18.2 Å². The number of carbonyl (C=O) groups is 1. The van der Waals surface area contributed by atoms with Crippen LogP contribution >= 0.6 is 0 Å². The quantitative estimate of drug-likeness (QED) is 0.855. The van der Waals surface area contributed by atoms with E-state index >= 15 is 0 Å². The fraction of sp³-hybridized carbons (Fsp3) is 0.500. The zero-order chi connectivity index (χ0) is 14.6. The number of hydrogen-bond donors (Lipinski definition) is 2. The highest BCUT2D eigenvalue weighted by molar-refractivity contribution is 7.88. The van der Waals surface area contributed by atoms with E-state index in [0.717, 1.165) is 25.5 Å². The summed E-state index contributed by atoms with van der Waals surface area (Å²) >= 11 is 0. The van der Waals surface area contributed by atoms with Gasteiger partial charge < -0.3 is 5.32 Å². The van der Waals surface area contributed by atoms with E-state index in [1.54, 1.807) is 0 Å². The number of rotatable bonds is 5. The van der Waals surface area contributed by atoms with E-state index in [4.69, 9.17) is 0 Å². The number of carbonyl (C=O) groups excluding carboxylic acids is 1. The third kappa shape index (κ3) is 4.31. The van der Waals surface area contributed by atoms with Gasteiger partial charge in [0.2, 0.25) is 15.9 Å². The summed E-state index contributed by atoms with van der Waals surface area (Å²) in [7, 11) is -3.23. The summed E-state index contributed by atoms with van der Waals surface area (Å²) in [6.07, 6.45) is 4.29. The molecule has 20 heavy (non-hydrogen) atoms. The van der Waals surface area contributed by atoms with Gasteiger partial charge in [-0.15, -0.1) is 0 Å². The molecule has 0 aromatic heterocycles. The Balaban J connectivity index is 1.89. The number of sulfonamides is 1. The number of amides is 1. The Morgan fingerprint density at radius 3 is 2.85 bits per heavy atom. The molecule has 0 bridgehead atoms. The number of fused-ring (bicyclic) bond motifs is 1. The lowest BCUT2D eigenvalue weighted by Crippen LogP contribution is -2.34. The van der Waals surface area contributed by atoms with Crippen LogP contribution in [0.4, 0.5) is 0 Å². The second-order valence-corrected chi connectivity index (χ2v) is 6.96. The summed E-state index contributed by atoms with van der Waals surface area (Å²) in [5, 5.41) is 2.99.